The fourth-order valence-electron chi connectivity index (χ4n) is 3.99. The second kappa shape index (κ2) is 7.33. The van der Waals surface area contributed by atoms with Crippen LogP contribution < -0.4 is 10.1 Å². The molecule has 1 aliphatic heterocycles. The second-order valence-electron chi connectivity index (χ2n) is 7.09. The SMILES string of the molecule is CCCCOc1cccc(NC(=O)N2C[C@@H]3CCC[C@@]3(C(=O)O)C2)c1. The minimum absolute atomic E-state index is 0.0689. The molecule has 2 atom stereocenters. The topological polar surface area (TPSA) is 78.9 Å². The van der Waals surface area contributed by atoms with E-state index in [1.807, 2.05) is 18.2 Å². The summed E-state index contributed by atoms with van der Waals surface area (Å²) < 4.78 is 5.66. The summed E-state index contributed by atoms with van der Waals surface area (Å²) in [7, 11) is 0. The lowest BCUT2D eigenvalue weighted by atomic mass is 9.81. The number of anilines is 1. The lowest BCUT2D eigenvalue weighted by Crippen LogP contribution is -2.38. The smallest absolute Gasteiger partial charge is 0.321 e. The van der Waals surface area contributed by atoms with Gasteiger partial charge in [0, 0.05) is 24.8 Å². The van der Waals surface area contributed by atoms with Crippen LogP contribution in [0.25, 0.3) is 0 Å². The van der Waals surface area contributed by atoms with Crippen LogP contribution in [-0.2, 0) is 4.79 Å². The van der Waals surface area contributed by atoms with E-state index < -0.39 is 11.4 Å². The van der Waals surface area contributed by atoms with Gasteiger partial charge in [0.15, 0.2) is 0 Å². The average molecular weight is 346 g/mol. The molecule has 1 saturated carbocycles. The first kappa shape index (κ1) is 17.6. The van der Waals surface area contributed by atoms with E-state index in [-0.39, 0.29) is 11.9 Å². The van der Waals surface area contributed by atoms with Crippen LogP contribution in [0, 0.1) is 11.3 Å². The van der Waals surface area contributed by atoms with Crippen molar-refractivity contribution < 1.29 is 19.4 Å². The molecule has 2 N–H and O–H groups in total. The Morgan fingerprint density at radius 2 is 2.28 bits per heavy atom. The quantitative estimate of drug-likeness (QED) is 0.772. The van der Waals surface area contributed by atoms with Gasteiger partial charge in [0.1, 0.15) is 5.75 Å². The molecule has 136 valence electrons. The van der Waals surface area contributed by atoms with Crippen LogP contribution in [0.3, 0.4) is 0 Å². The Morgan fingerprint density at radius 1 is 1.44 bits per heavy atom. The van der Waals surface area contributed by atoms with Gasteiger partial charge >= 0.3 is 12.0 Å². The molecule has 25 heavy (non-hydrogen) atoms. The predicted octanol–water partition coefficient (Wildman–Crippen LogP) is 3.58. The molecule has 1 aromatic rings. The third-order valence-electron chi connectivity index (χ3n) is 5.44. The van der Waals surface area contributed by atoms with E-state index >= 15 is 0 Å². The number of benzene rings is 1. The highest BCUT2D eigenvalue weighted by Crippen LogP contribution is 2.48. The zero-order valence-corrected chi connectivity index (χ0v) is 14.7. The maximum Gasteiger partial charge on any atom is 0.321 e. The van der Waals surface area contributed by atoms with Crippen LogP contribution >= 0.6 is 0 Å². The summed E-state index contributed by atoms with van der Waals surface area (Å²) >= 11 is 0. The summed E-state index contributed by atoms with van der Waals surface area (Å²) in [6.45, 7) is 3.58. The summed E-state index contributed by atoms with van der Waals surface area (Å²) in [5, 5.41) is 12.5. The Balaban J connectivity index is 1.61. The second-order valence-corrected chi connectivity index (χ2v) is 7.09. The highest BCUT2D eigenvalue weighted by molar-refractivity contribution is 5.90. The maximum atomic E-state index is 12.6. The third-order valence-corrected chi connectivity index (χ3v) is 5.44. The van der Waals surface area contributed by atoms with Gasteiger partial charge in [-0.2, -0.15) is 0 Å². The Hall–Kier alpha value is -2.24. The number of hydrogen-bond acceptors (Lipinski definition) is 3. The standard InChI is InChI=1S/C19H26N2O4/c1-2-3-10-25-16-8-4-7-15(11-16)20-18(24)21-12-14-6-5-9-19(14,13-21)17(22)23/h4,7-8,11,14H,2-3,5-6,9-10,12-13H2,1H3,(H,20,24)(H,22,23)/t14-,19+/m0/s1. The van der Waals surface area contributed by atoms with E-state index in [0.717, 1.165) is 31.4 Å². The number of carbonyl (C=O) groups is 2. The third kappa shape index (κ3) is 3.57. The average Bonchev–Trinajstić information content (AvgIpc) is 3.14. The van der Waals surface area contributed by atoms with Gasteiger partial charge in [0.25, 0.3) is 0 Å². The van der Waals surface area contributed by atoms with Crippen molar-refractivity contribution in [2.45, 2.75) is 39.0 Å². The number of nitrogens with zero attached hydrogens (tertiary/aromatic N) is 1. The molecule has 6 nitrogen and oxygen atoms in total. The summed E-state index contributed by atoms with van der Waals surface area (Å²) in [6.07, 6.45) is 4.54. The Bertz CT molecular complexity index is 648. The zero-order valence-electron chi connectivity index (χ0n) is 14.7. The van der Waals surface area contributed by atoms with E-state index in [2.05, 4.69) is 12.2 Å². The number of rotatable bonds is 6. The van der Waals surface area contributed by atoms with Crippen LogP contribution in [0.1, 0.15) is 39.0 Å². The van der Waals surface area contributed by atoms with Gasteiger partial charge in [0.05, 0.1) is 12.0 Å². The first-order chi connectivity index (χ1) is 12.0. The molecular formula is C19H26N2O4. The molecule has 0 bridgehead atoms. The molecule has 1 saturated heterocycles. The van der Waals surface area contributed by atoms with Gasteiger partial charge in [-0.15, -0.1) is 0 Å². The lowest BCUT2D eigenvalue weighted by molar-refractivity contribution is -0.149. The van der Waals surface area contributed by atoms with E-state index in [1.165, 1.54) is 0 Å². The largest absolute Gasteiger partial charge is 0.494 e. The molecule has 2 fully saturated rings. The first-order valence-corrected chi connectivity index (χ1v) is 9.07. The van der Waals surface area contributed by atoms with E-state index in [0.29, 0.717) is 31.8 Å². The van der Waals surface area contributed by atoms with Crippen LogP contribution in [0.15, 0.2) is 24.3 Å². The molecule has 0 unspecified atom stereocenters. The van der Waals surface area contributed by atoms with Crippen LogP contribution in [0.2, 0.25) is 0 Å². The van der Waals surface area contributed by atoms with Crippen molar-refractivity contribution in [3.05, 3.63) is 24.3 Å². The van der Waals surface area contributed by atoms with E-state index in [9.17, 15) is 14.7 Å². The monoisotopic (exact) mass is 346 g/mol. The molecule has 6 heteroatoms. The fourth-order valence-corrected chi connectivity index (χ4v) is 3.99. The number of ether oxygens (including phenoxy) is 1. The van der Waals surface area contributed by atoms with Crippen LogP contribution in [0.4, 0.5) is 10.5 Å². The van der Waals surface area contributed by atoms with E-state index in [4.69, 9.17) is 4.74 Å². The molecule has 1 aromatic carbocycles. The van der Waals surface area contributed by atoms with E-state index in [1.54, 1.807) is 11.0 Å². The predicted molar refractivity (Wildman–Crippen MR) is 94.8 cm³/mol. The number of fused-ring (bicyclic) bond motifs is 1. The molecular weight excluding hydrogens is 320 g/mol. The van der Waals surface area contributed by atoms with Crippen molar-refractivity contribution in [1.82, 2.24) is 4.90 Å². The summed E-state index contributed by atoms with van der Waals surface area (Å²) in [6, 6.07) is 7.09. The summed E-state index contributed by atoms with van der Waals surface area (Å²) in [5.74, 6) is 0.0302. The van der Waals surface area contributed by atoms with Crippen molar-refractivity contribution >= 4 is 17.7 Å². The van der Waals surface area contributed by atoms with Gasteiger partial charge in [-0.05, 0) is 37.3 Å². The van der Waals surface area contributed by atoms with Crippen molar-refractivity contribution in [3.63, 3.8) is 0 Å². The highest BCUT2D eigenvalue weighted by atomic mass is 16.5. The normalized spacial score (nSPS) is 24.8. The minimum atomic E-state index is -0.767. The number of carboxylic acids is 1. The van der Waals surface area contributed by atoms with Gasteiger partial charge in [0.2, 0.25) is 0 Å². The fraction of sp³-hybridized carbons (Fsp3) is 0.579. The number of carbonyl (C=O) groups excluding carboxylic acids is 1. The molecule has 3 rings (SSSR count). The number of likely N-dealkylation sites (tertiary alicyclic amines) is 1. The molecule has 0 spiro atoms. The van der Waals surface area contributed by atoms with Crippen LogP contribution in [-0.4, -0.2) is 41.7 Å². The van der Waals surface area contributed by atoms with Crippen LogP contribution in [0.5, 0.6) is 5.75 Å². The van der Waals surface area contributed by atoms with Gasteiger partial charge in [-0.25, -0.2) is 4.79 Å². The minimum Gasteiger partial charge on any atom is -0.494 e. The molecule has 0 radical (unpaired) electrons. The molecule has 2 aliphatic rings. The maximum absolute atomic E-state index is 12.6. The first-order valence-electron chi connectivity index (χ1n) is 9.07. The van der Waals surface area contributed by atoms with Gasteiger partial charge in [-0.1, -0.05) is 25.8 Å². The number of carboxylic acid groups (broad SMARTS) is 1. The highest BCUT2D eigenvalue weighted by Gasteiger charge is 2.55. The van der Waals surface area contributed by atoms with Crippen molar-refractivity contribution in [1.29, 1.82) is 0 Å². The Morgan fingerprint density at radius 3 is 3.00 bits per heavy atom. The number of urea groups is 1. The molecule has 1 heterocycles. The summed E-state index contributed by atoms with van der Waals surface area (Å²) in [4.78, 5) is 25.9. The molecule has 0 aromatic heterocycles. The number of aliphatic carboxylic acids is 1. The van der Waals surface area contributed by atoms with Gasteiger partial charge in [-0.3, -0.25) is 4.79 Å². The summed E-state index contributed by atoms with van der Waals surface area (Å²) in [5.41, 5.74) is -0.0805. The number of hydrogen-bond donors (Lipinski definition) is 2. The van der Waals surface area contributed by atoms with Gasteiger partial charge < -0.3 is 20.1 Å². The lowest BCUT2D eigenvalue weighted by Gasteiger charge is -2.23. The number of unbranched alkanes of at least 4 members (excludes halogenated alkanes) is 1. The molecule has 1 aliphatic carbocycles. The molecule has 2 amide bonds. The van der Waals surface area contributed by atoms with Crippen molar-refractivity contribution in [2.75, 3.05) is 25.0 Å². The van der Waals surface area contributed by atoms with Crippen molar-refractivity contribution in [2.24, 2.45) is 11.3 Å². The Labute approximate surface area is 148 Å². The number of nitrogens with one attached hydrogen (secondary N) is 1. The zero-order chi connectivity index (χ0) is 17.9. The number of amides is 2. The van der Waals surface area contributed by atoms with Crippen molar-refractivity contribution in [3.8, 4) is 5.75 Å². The Kier molecular flexibility index (Phi) is 5.16.